The summed E-state index contributed by atoms with van der Waals surface area (Å²) in [5.41, 5.74) is 1.75. The van der Waals surface area contributed by atoms with Gasteiger partial charge in [0.15, 0.2) is 0 Å². The Kier molecular flexibility index (Phi) is 5.68. The normalized spacial score (nSPS) is 11.2. The second-order valence-corrected chi connectivity index (χ2v) is 8.47. The molecule has 0 bridgehead atoms. The number of benzene rings is 3. The third-order valence-corrected chi connectivity index (χ3v) is 6.27. The molecule has 0 atom stereocenters. The minimum atomic E-state index is -3.66. The van der Waals surface area contributed by atoms with E-state index < -0.39 is 10.0 Å². The summed E-state index contributed by atoms with van der Waals surface area (Å²) in [6.45, 7) is 0. The quantitative estimate of drug-likeness (QED) is 0.571. The minimum absolute atomic E-state index is 0.180. The highest BCUT2D eigenvalue weighted by molar-refractivity contribution is 7.98. The lowest BCUT2D eigenvalue weighted by molar-refractivity contribution is 0.601. The highest BCUT2D eigenvalue weighted by atomic mass is 35.5. The summed E-state index contributed by atoms with van der Waals surface area (Å²) in [5.74, 6) is 0.764. The highest BCUT2D eigenvalue weighted by Crippen LogP contribution is 2.31. The van der Waals surface area contributed by atoms with Gasteiger partial charge in [0.1, 0.15) is 0 Å². The molecular weight excluding hydrogens is 374 g/mol. The second kappa shape index (κ2) is 7.95. The van der Waals surface area contributed by atoms with Crippen LogP contribution in [0.1, 0.15) is 5.56 Å². The Hall–Kier alpha value is -1.95. The summed E-state index contributed by atoms with van der Waals surface area (Å²) in [5, 5.41) is 0.498. The van der Waals surface area contributed by atoms with E-state index in [1.165, 1.54) is 17.7 Å². The first-order chi connectivity index (χ1) is 12.0. The van der Waals surface area contributed by atoms with Gasteiger partial charge >= 0.3 is 0 Å². The molecule has 128 valence electrons. The van der Waals surface area contributed by atoms with Crippen molar-refractivity contribution in [3.63, 3.8) is 0 Å². The molecule has 0 spiro atoms. The van der Waals surface area contributed by atoms with Crippen LogP contribution in [0.4, 0.5) is 5.69 Å². The Morgan fingerprint density at radius 2 is 1.48 bits per heavy atom. The van der Waals surface area contributed by atoms with Gasteiger partial charge in [-0.15, -0.1) is 11.8 Å². The molecule has 0 saturated heterocycles. The summed E-state index contributed by atoms with van der Waals surface area (Å²) < 4.78 is 27.8. The first-order valence-corrected chi connectivity index (χ1v) is 10.4. The number of anilines is 1. The van der Waals surface area contributed by atoms with Gasteiger partial charge < -0.3 is 0 Å². The number of para-hydroxylation sites is 1. The number of hydrogen-bond acceptors (Lipinski definition) is 3. The van der Waals surface area contributed by atoms with E-state index in [0.29, 0.717) is 10.7 Å². The van der Waals surface area contributed by atoms with E-state index in [1.54, 1.807) is 30.0 Å². The van der Waals surface area contributed by atoms with Crippen LogP contribution in [-0.4, -0.2) is 8.42 Å². The predicted molar refractivity (Wildman–Crippen MR) is 105 cm³/mol. The minimum Gasteiger partial charge on any atom is -0.278 e. The van der Waals surface area contributed by atoms with Gasteiger partial charge in [0, 0.05) is 15.7 Å². The number of thioether (sulfide) groups is 1. The molecule has 3 aromatic carbocycles. The van der Waals surface area contributed by atoms with E-state index in [4.69, 9.17) is 11.6 Å². The smallest absolute Gasteiger partial charge is 0.261 e. The highest BCUT2D eigenvalue weighted by Gasteiger charge is 2.16. The topological polar surface area (TPSA) is 46.2 Å². The SMILES string of the molecule is O=S(=O)(Nc1ccccc1SCc1ccccc1)c1ccc(Cl)cc1. The molecule has 0 saturated carbocycles. The largest absolute Gasteiger partial charge is 0.278 e. The molecule has 1 N–H and O–H groups in total. The second-order valence-electron chi connectivity index (χ2n) is 5.33. The van der Waals surface area contributed by atoms with Crippen LogP contribution in [0, 0.1) is 0 Å². The third kappa shape index (κ3) is 4.78. The third-order valence-electron chi connectivity index (χ3n) is 3.49. The van der Waals surface area contributed by atoms with Gasteiger partial charge in [-0.2, -0.15) is 0 Å². The van der Waals surface area contributed by atoms with E-state index in [0.717, 1.165) is 10.6 Å². The molecule has 0 radical (unpaired) electrons. The predicted octanol–water partition coefficient (Wildman–Crippen LogP) is 5.43. The first-order valence-electron chi connectivity index (χ1n) is 7.59. The van der Waals surface area contributed by atoms with Crippen molar-refractivity contribution in [2.24, 2.45) is 0 Å². The molecule has 0 aliphatic rings. The number of rotatable bonds is 6. The molecule has 0 amide bonds. The van der Waals surface area contributed by atoms with Gasteiger partial charge in [-0.1, -0.05) is 54.1 Å². The number of hydrogen-bond donors (Lipinski definition) is 1. The molecule has 0 unspecified atom stereocenters. The van der Waals surface area contributed by atoms with Crippen LogP contribution in [0.5, 0.6) is 0 Å². The van der Waals surface area contributed by atoms with Crippen molar-refractivity contribution < 1.29 is 8.42 Å². The molecular formula is C19H16ClNO2S2. The fraction of sp³-hybridized carbons (Fsp3) is 0.0526. The monoisotopic (exact) mass is 389 g/mol. The maximum atomic E-state index is 12.6. The van der Waals surface area contributed by atoms with Crippen molar-refractivity contribution in [3.05, 3.63) is 89.4 Å². The zero-order valence-electron chi connectivity index (χ0n) is 13.2. The molecule has 0 aliphatic heterocycles. The Morgan fingerprint density at radius 3 is 2.20 bits per heavy atom. The first kappa shape index (κ1) is 17.9. The lowest BCUT2D eigenvalue weighted by Gasteiger charge is -2.12. The summed E-state index contributed by atoms with van der Waals surface area (Å²) >= 11 is 7.42. The zero-order chi connectivity index (χ0) is 17.7. The van der Waals surface area contributed by atoms with Crippen LogP contribution in [0.15, 0.2) is 88.7 Å². The van der Waals surface area contributed by atoms with Crippen LogP contribution in [0.3, 0.4) is 0 Å². The lowest BCUT2D eigenvalue weighted by atomic mass is 10.2. The molecule has 3 aromatic rings. The maximum absolute atomic E-state index is 12.6. The molecule has 3 rings (SSSR count). The van der Waals surface area contributed by atoms with Gasteiger partial charge in [0.25, 0.3) is 10.0 Å². The van der Waals surface area contributed by atoms with Crippen LogP contribution < -0.4 is 4.72 Å². The molecule has 3 nitrogen and oxygen atoms in total. The van der Waals surface area contributed by atoms with E-state index in [2.05, 4.69) is 4.72 Å². The van der Waals surface area contributed by atoms with Gasteiger partial charge in [-0.25, -0.2) is 8.42 Å². The van der Waals surface area contributed by atoms with Crippen molar-refractivity contribution in [3.8, 4) is 0 Å². The fourth-order valence-corrected chi connectivity index (χ4v) is 4.46. The standard InChI is InChI=1S/C19H16ClNO2S2/c20-16-10-12-17(13-11-16)25(22,23)21-18-8-4-5-9-19(18)24-14-15-6-2-1-3-7-15/h1-13,21H,14H2. The van der Waals surface area contributed by atoms with Crippen LogP contribution in [0.2, 0.25) is 5.02 Å². The number of halogens is 1. The van der Waals surface area contributed by atoms with Gasteiger partial charge in [-0.05, 0) is 42.0 Å². The molecule has 25 heavy (non-hydrogen) atoms. The van der Waals surface area contributed by atoms with E-state index in [1.807, 2.05) is 48.5 Å². The number of sulfonamides is 1. The summed E-state index contributed by atoms with van der Waals surface area (Å²) in [6, 6.07) is 23.5. The van der Waals surface area contributed by atoms with E-state index >= 15 is 0 Å². The van der Waals surface area contributed by atoms with Crippen molar-refractivity contribution in [1.29, 1.82) is 0 Å². The molecule has 0 aliphatic carbocycles. The average Bonchev–Trinajstić information content (AvgIpc) is 2.62. The van der Waals surface area contributed by atoms with E-state index in [9.17, 15) is 8.42 Å². The molecule has 6 heteroatoms. The Morgan fingerprint density at radius 1 is 0.840 bits per heavy atom. The molecule has 0 fully saturated rings. The summed E-state index contributed by atoms with van der Waals surface area (Å²) in [7, 11) is -3.66. The van der Waals surface area contributed by atoms with Gasteiger partial charge in [0.2, 0.25) is 0 Å². The average molecular weight is 390 g/mol. The summed E-state index contributed by atoms with van der Waals surface area (Å²) in [4.78, 5) is 1.06. The number of nitrogens with one attached hydrogen (secondary N) is 1. The van der Waals surface area contributed by atoms with Crippen molar-refractivity contribution in [2.75, 3.05) is 4.72 Å². The van der Waals surface area contributed by atoms with Crippen molar-refractivity contribution >= 4 is 39.1 Å². The zero-order valence-corrected chi connectivity index (χ0v) is 15.6. The fourth-order valence-electron chi connectivity index (χ4n) is 2.23. The van der Waals surface area contributed by atoms with Crippen molar-refractivity contribution in [2.45, 2.75) is 15.5 Å². The summed E-state index contributed by atoms with van der Waals surface area (Å²) in [6.07, 6.45) is 0. The maximum Gasteiger partial charge on any atom is 0.261 e. The van der Waals surface area contributed by atoms with Crippen molar-refractivity contribution in [1.82, 2.24) is 0 Å². The van der Waals surface area contributed by atoms with Crippen LogP contribution in [0.25, 0.3) is 0 Å². The Bertz CT molecular complexity index is 943. The Labute approximate surface area is 157 Å². The van der Waals surface area contributed by atoms with E-state index in [-0.39, 0.29) is 4.90 Å². The molecule has 0 heterocycles. The van der Waals surface area contributed by atoms with Gasteiger partial charge in [-0.3, -0.25) is 4.72 Å². The molecule has 0 aromatic heterocycles. The van der Waals surface area contributed by atoms with Crippen LogP contribution >= 0.6 is 23.4 Å². The Balaban J connectivity index is 1.79. The van der Waals surface area contributed by atoms with Crippen LogP contribution in [-0.2, 0) is 15.8 Å². The lowest BCUT2D eigenvalue weighted by Crippen LogP contribution is -2.13. The van der Waals surface area contributed by atoms with Gasteiger partial charge in [0.05, 0.1) is 10.6 Å².